The van der Waals surface area contributed by atoms with Gasteiger partial charge in [-0.05, 0) is 35.9 Å². The van der Waals surface area contributed by atoms with Crippen molar-refractivity contribution in [3.8, 4) is 0 Å². The summed E-state index contributed by atoms with van der Waals surface area (Å²) in [6.07, 6.45) is 0.635. The standard InChI is InChI=1S/C29H19N3O4/c33-26-18-9-3-4-10-21(18)30-23-13-20-24(12-19(23)26)31-22-11-5-6-15(25(22)27(20)34)14-32-28(35)16-7-1-2-8-17(16)29(32)36/h1-11H,12-14H2,(H,30,33)(H,31,34). The van der Waals surface area contributed by atoms with Crippen LogP contribution in [0.5, 0.6) is 0 Å². The lowest BCUT2D eigenvalue weighted by Gasteiger charge is -2.21. The second kappa shape index (κ2) is 7.36. The first-order chi connectivity index (χ1) is 17.5. The molecule has 7 nitrogen and oxygen atoms in total. The molecule has 1 aliphatic carbocycles. The number of fused-ring (bicyclic) bond motifs is 5. The Balaban J connectivity index is 1.34. The quantitative estimate of drug-likeness (QED) is 0.375. The van der Waals surface area contributed by atoms with E-state index in [2.05, 4.69) is 9.97 Å². The zero-order valence-corrected chi connectivity index (χ0v) is 19.1. The SMILES string of the molecule is O=C1c2ccccc2C(=O)N1Cc1cccc2[nH]c3c(c(=O)c12)Cc1[nH]c2ccccc2c(=O)c1C3. The highest BCUT2D eigenvalue weighted by atomic mass is 16.2. The molecule has 0 bridgehead atoms. The van der Waals surface area contributed by atoms with E-state index in [9.17, 15) is 19.2 Å². The number of rotatable bonds is 2. The topological polar surface area (TPSA) is 103 Å². The number of nitrogens with zero attached hydrogens (tertiary/aromatic N) is 1. The van der Waals surface area contributed by atoms with Crippen LogP contribution in [0.4, 0.5) is 0 Å². The smallest absolute Gasteiger partial charge is 0.261 e. The van der Waals surface area contributed by atoms with Gasteiger partial charge < -0.3 is 9.97 Å². The first kappa shape index (κ1) is 20.6. The van der Waals surface area contributed by atoms with Crippen molar-refractivity contribution < 1.29 is 9.59 Å². The van der Waals surface area contributed by atoms with Crippen molar-refractivity contribution in [2.45, 2.75) is 19.4 Å². The molecule has 0 unspecified atom stereocenters. The van der Waals surface area contributed by atoms with Crippen LogP contribution in [-0.4, -0.2) is 26.7 Å². The molecule has 0 saturated carbocycles. The molecule has 7 rings (SSSR count). The normalized spacial score (nSPS) is 14.3. The molecule has 0 spiro atoms. The molecule has 0 atom stereocenters. The predicted molar refractivity (Wildman–Crippen MR) is 135 cm³/mol. The number of amides is 2. The van der Waals surface area contributed by atoms with Crippen molar-refractivity contribution in [3.63, 3.8) is 0 Å². The van der Waals surface area contributed by atoms with Gasteiger partial charge in [0.1, 0.15) is 0 Å². The average Bonchev–Trinajstić information content (AvgIpc) is 3.13. The van der Waals surface area contributed by atoms with E-state index in [0.29, 0.717) is 56.9 Å². The maximum Gasteiger partial charge on any atom is 0.261 e. The molecule has 2 aromatic heterocycles. The third kappa shape index (κ3) is 2.80. The van der Waals surface area contributed by atoms with Gasteiger partial charge in [0.15, 0.2) is 10.9 Å². The monoisotopic (exact) mass is 473 g/mol. The maximum atomic E-state index is 13.8. The van der Waals surface area contributed by atoms with Gasteiger partial charge in [-0.2, -0.15) is 0 Å². The van der Waals surface area contributed by atoms with Crippen LogP contribution >= 0.6 is 0 Å². The summed E-state index contributed by atoms with van der Waals surface area (Å²) in [5, 5.41) is 1.09. The van der Waals surface area contributed by atoms with E-state index in [1.807, 2.05) is 24.3 Å². The Bertz CT molecular complexity index is 1880. The summed E-state index contributed by atoms with van der Waals surface area (Å²) >= 11 is 0. The molecule has 3 heterocycles. The van der Waals surface area contributed by atoms with Crippen LogP contribution in [0.15, 0.2) is 76.3 Å². The highest BCUT2D eigenvalue weighted by molar-refractivity contribution is 6.21. The molecule has 36 heavy (non-hydrogen) atoms. The van der Waals surface area contributed by atoms with Gasteiger partial charge in [-0.25, -0.2) is 0 Å². The zero-order valence-electron chi connectivity index (χ0n) is 19.1. The fraction of sp³-hybridized carbons (Fsp3) is 0.103. The molecule has 174 valence electrons. The van der Waals surface area contributed by atoms with Crippen LogP contribution in [0.3, 0.4) is 0 Å². The largest absolute Gasteiger partial charge is 0.358 e. The Morgan fingerprint density at radius 1 is 0.639 bits per heavy atom. The molecule has 2 aliphatic rings. The number of carbonyl (C=O) groups excluding carboxylic acids is 2. The van der Waals surface area contributed by atoms with Gasteiger partial charge in [-0.1, -0.05) is 36.4 Å². The van der Waals surface area contributed by atoms with Crippen molar-refractivity contribution >= 4 is 33.6 Å². The van der Waals surface area contributed by atoms with Crippen molar-refractivity contribution in [2.75, 3.05) is 0 Å². The number of hydrogen-bond acceptors (Lipinski definition) is 4. The highest BCUT2D eigenvalue weighted by Gasteiger charge is 2.35. The van der Waals surface area contributed by atoms with Crippen molar-refractivity contribution in [3.05, 3.63) is 126 Å². The summed E-state index contributed by atoms with van der Waals surface area (Å²) in [5.41, 5.74) is 5.27. The summed E-state index contributed by atoms with van der Waals surface area (Å²) in [5.74, 6) is -0.722. The fourth-order valence-corrected chi connectivity index (χ4v) is 5.54. The van der Waals surface area contributed by atoms with E-state index in [1.165, 1.54) is 4.90 Å². The Hall–Kier alpha value is -4.78. The lowest BCUT2D eigenvalue weighted by molar-refractivity contribution is 0.0643. The van der Waals surface area contributed by atoms with Crippen molar-refractivity contribution in [1.82, 2.24) is 14.9 Å². The number of aromatic amines is 2. The van der Waals surface area contributed by atoms with Gasteiger partial charge in [0.25, 0.3) is 11.8 Å². The number of aromatic nitrogens is 2. The van der Waals surface area contributed by atoms with Crippen LogP contribution in [0.1, 0.15) is 48.8 Å². The molecular weight excluding hydrogens is 454 g/mol. The molecule has 0 fully saturated rings. The summed E-state index contributed by atoms with van der Waals surface area (Å²) in [6.45, 7) is 0.00358. The Labute approximate surface area is 204 Å². The molecule has 0 saturated heterocycles. The van der Waals surface area contributed by atoms with Gasteiger partial charge in [-0.15, -0.1) is 0 Å². The summed E-state index contributed by atoms with van der Waals surface area (Å²) in [7, 11) is 0. The molecule has 5 aromatic rings. The molecular formula is C29H19N3O4. The minimum absolute atomic E-state index is 0.00358. The average molecular weight is 473 g/mol. The lowest BCUT2D eigenvalue weighted by atomic mass is 9.89. The minimum atomic E-state index is -0.361. The number of H-pyrrole nitrogens is 2. The van der Waals surface area contributed by atoms with Gasteiger partial charge in [0, 0.05) is 51.8 Å². The van der Waals surface area contributed by atoms with E-state index in [-0.39, 0.29) is 29.2 Å². The molecule has 3 aromatic carbocycles. The Morgan fingerprint density at radius 2 is 1.22 bits per heavy atom. The summed E-state index contributed by atoms with van der Waals surface area (Å²) in [6, 6.07) is 19.5. The lowest BCUT2D eigenvalue weighted by Crippen LogP contribution is -2.30. The first-order valence-electron chi connectivity index (χ1n) is 11.7. The predicted octanol–water partition coefficient (Wildman–Crippen LogP) is 3.66. The van der Waals surface area contributed by atoms with Gasteiger partial charge in [0.05, 0.1) is 23.1 Å². The second-order valence-corrected chi connectivity index (χ2v) is 9.30. The molecule has 1 aliphatic heterocycles. The number of benzene rings is 3. The van der Waals surface area contributed by atoms with Crippen LogP contribution in [-0.2, 0) is 19.4 Å². The Kier molecular flexibility index (Phi) is 4.21. The van der Waals surface area contributed by atoms with Gasteiger partial charge in [-0.3, -0.25) is 24.1 Å². The van der Waals surface area contributed by atoms with Crippen LogP contribution in [0.25, 0.3) is 21.8 Å². The number of carbonyl (C=O) groups is 2. The van der Waals surface area contributed by atoms with E-state index in [0.717, 1.165) is 16.9 Å². The van der Waals surface area contributed by atoms with E-state index in [4.69, 9.17) is 0 Å². The molecule has 0 radical (unpaired) electrons. The zero-order chi connectivity index (χ0) is 24.6. The fourth-order valence-electron chi connectivity index (χ4n) is 5.54. The van der Waals surface area contributed by atoms with Crippen LogP contribution < -0.4 is 10.9 Å². The van der Waals surface area contributed by atoms with E-state index >= 15 is 0 Å². The van der Waals surface area contributed by atoms with Gasteiger partial charge in [0.2, 0.25) is 0 Å². The third-order valence-electron chi connectivity index (χ3n) is 7.31. The van der Waals surface area contributed by atoms with Gasteiger partial charge >= 0.3 is 0 Å². The second-order valence-electron chi connectivity index (χ2n) is 9.30. The first-order valence-corrected chi connectivity index (χ1v) is 11.7. The van der Waals surface area contributed by atoms with Crippen LogP contribution in [0, 0.1) is 0 Å². The van der Waals surface area contributed by atoms with Crippen molar-refractivity contribution in [1.29, 1.82) is 0 Å². The third-order valence-corrected chi connectivity index (χ3v) is 7.31. The van der Waals surface area contributed by atoms with Crippen molar-refractivity contribution in [2.24, 2.45) is 0 Å². The van der Waals surface area contributed by atoms with E-state index < -0.39 is 0 Å². The molecule has 2 N–H and O–H groups in total. The molecule has 2 amide bonds. The van der Waals surface area contributed by atoms with Crippen LogP contribution in [0.2, 0.25) is 0 Å². The highest BCUT2D eigenvalue weighted by Crippen LogP contribution is 2.28. The number of imide groups is 1. The number of hydrogen-bond donors (Lipinski definition) is 2. The van der Waals surface area contributed by atoms with E-state index in [1.54, 1.807) is 42.5 Å². The minimum Gasteiger partial charge on any atom is -0.358 e. The number of nitrogens with one attached hydrogen (secondary N) is 2. The number of pyridine rings is 2. The number of para-hydroxylation sites is 1. The summed E-state index contributed by atoms with van der Waals surface area (Å²) in [4.78, 5) is 60.7. The molecule has 7 heteroatoms. The maximum absolute atomic E-state index is 13.8. The summed E-state index contributed by atoms with van der Waals surface area (Å²) < 4.78 is 0. The Morgan fingerprint density at radius 3 is 1.94 bits per heavy atom.